The van der Waals surface area contributed by atoms with Gasteiger partial charge in [0.05, 0.1) is 12.9 Å². The van der Waals surface area contributed by atoms with E-state index in [2.05, 4.69) is 16.0 Å². The molecule has 0 amide bonds. The van der Waals surface area contributed by atoms with Crippen LogP contribution in [-0.4, -0.2) is 38.2 Å². The van der Waals surface area contributed by atoms with Gasteiger partial charge in [0.1, 0.15) is 34.2 Å². The predicted molar refractivity (Wildman–Crippen MR) is 139 cm³/mol. The number of aromatic nitrogens is 4. The molecule has 4 heterocycles. The molecule has 3 aromatic heterocycles. The summed E-state index contributed by atoms with van der Waals surface area (Å²) >= 11 is 0. The van der Waals surface area contributed by atoms with E-state index in [1.807, 2.05) is 39.8 Å². The number of anilines is 1. The first-order chi connectivity index (χ1) is 17.8. The van der Waals surface area contributed by atoms with Crippen molar-refractivity contribution in [3.63, 3.8) is 0 Å². The molecule has 8 nitrogen and oxygen atoms in total. The number of hydrogen-bond acceptors (Lipinski definition) is 6. The molecule has 0 spiro atoms. The van der Waals surface area contributed by atoms with Crippen molar-refractivity contribution in [3.05, 3.63) is 87.7 Å². The van der Waals surface area contributed by atoms with Gasteiger partial charge < -0.3 is 15.2 Å². The number of rotatable bonds is 5. The Labute approximate surface area is 222 Å². The van der Waals surface area contributed by atoms with Gasteiger partial charge in [0.25, 0.3) is 5.56 Å². The lowest BCUT2D eigenvalue weighted by Crippen LogP contribution is -2.44. The van der Waals surface area contributed by atoms with Crippen molar-refractivity contribution in [2.24, 2.45) is 5.73 Å². The first-order valence-electron chi connectivity index (χ1n) is 11.8. The third-order valence-corrected chi connectivity index (χ3v) is 6.52. The van der Waals surface area contributed by atoms with E-state index in [1.165, 1.54) is 17.0 Å². The molecular formula is C26H25ClF3N7O. The molecule has 4 aromatic rings. The van der Waals surface area contributed by atoms with E-state index in [0.717, 1.165) is 30.7 Å². The SMILES string of the molecule is Cl.N#Cc1c(N2CCCC(N)C2)n(Cc2ccccc2)c2c(=O)n(Cc3ccc(C(F)(F)F)nc3)cnc12. The molecule has 1 atom stereocenters. The molecule has 1 aliphatic rings. The fourth-order valence-electron chi connectivity index (χ4n) is 4.80. The van der Waals surface area contributed by atoms with Crippen LogP contribution in [0.1, 0.15) is 35.2 Å². The normalized spacial score (nSPS) is 15.8. The highest BCUT2D eigenvalue weighted by Crippen LogP contribution is 2.32. The highest BCUT2D eigenvalue weighted by atomic mass is 35.5. The fraction of sp³-hybridized carbons (Fsp3) is 0.308. The minimum atomic E-state index is -4.55. The summed E-state index contributed by atoms with van der Waals surface area (Å²) in [6, 6.07) is 13.9. The van der Waals surface area contributed by atoms with Crippen LogP contribution in [0.15, 0.2) is 59.8 Å². The minimum Gasteiger partial charge on any atom is -0.355 e. The maximum Gasteiger partial charge on any atom is 0.433 e. The van der Waals surface area contributed by atoms with Crippen LogP contribution in [0.25, 0.3) is 11.0 Å². The van der Waals surface area contributed by atoms with Gasteiger partial charge in [-0.3, -0.25) is 14.3 Å². The van der Waals surface area contributed by atoms with Crippen molar-refractivity contribution in [1.82, 2.24) is 19.1 Å². The van der Waals surface area contributed by atoms with Gasteiger partial charge in [-0.1, -0.05) is 36.4 Å². The van der Waals surface area contributed by atoms with E-state index < -0.39 is 17.4 Å². The fourth-order valence-corrected chi connectivity index (χ4v) is 4.80. The summed E-state index contributed by atoms with van der Waals surface area (Å²) in [5.74, 6) is 0.607. The van der Waals surface area contributed by atoms with Gasteiger partial charge in [-0.15, -0.1) is 12.4 Å². The molecule has 0 aliphatic carbocycles. The van der Waals surface area contributed by atoms with Crippen LogP contribution < -0.4 is 16.2 Å². The Morgan fingerprint density at radius 2 is 1.84 bits per heavy atom. The molecule has 1 unspecified atom stereocenters. The van der Waals surface area contributed by atoms with Crippen molar-refractivity contribution in [3.8, 4) is 6.07 Å². The molecule has 0 bridgehead atoms. The van der Waals surface area contributed by atoms with Crippen LogP contribution in [0.5, 0.6) is 0 Å². The number of pyridine rings is 1. The van der Waals surface area contributed by atoms with Gasteiger partial charge in [0, 0.05) is 31.9 Å². The van der Waals surface area contributed by atoms with Gasteiger partial charge in [0.15, 0.2) is 0 Å². The molecule has 1 fully saturated rings. The second-order valence-electron chi connectivity index (χ2n) is 9.15. The van der Waals surface area contributed by atoms with Crippen LogP contribution in [-0.2, 0) is 19.3 Å². The number of benzene rings is 1. The van der Waals surface area contributed by atoms with Crippen LogP contribution in [0, 0.1) is 11.3 Å². The third kappa shape index (κ3) is 5.23. The molecule has 2 N–H and O–H groups in total. The summed E-state index contributed by atoms with van der Waals surface area (Å²) in [7, 11) is 0. The van der Waals surface area contributed by atoms with Crippen molar-refractivity contribution in [1.29, 1.82) is 5.26 Å². The summed E-state index contributed by atoms with van der Waals surface area (Å²) in [4.78, 5) is 23.7. The summed E-state index contributed by atoms with van der Waals surface area (Å²) in [5.41, 5.74) is 7.05. The lowest BCUT2D eigenvalue weighted by atomic mass is 10.1. The molecule has 198 valence electrons. The van der Waals surface area contributed by atoms with E-state index in [-0.39, 0.29) is 30.5 Å². The zero-order valence-electron chi connectivity index (χ0n) is 20.2. The Morgan fingerprint density at radius 3 is 2.47 bits per heavy atom. The van der Waals surface area contributed by atoms with Crippen molar-refractivity contribution in [2.45, 2.75) is 38.1 Å². The third-order valence-electron chi connectivity index (χ3n) is 6.52. The van der Waals surface area contributed by atoms with Crippen LogP contribution in [0.3, 0.4) is 0 Å². The van der Waals surface area contributed by atoms with Crippen LogP contribution in [0.2, 0.25) is 0 Å². The Morgan fingerprint density at radius 1 is 1.08 bits per heavy atom. The molecule has 5 rings (SSSR count). The van der Waals surface area contributed by atoms with Crippen molar-refractivity contribution >= 4 is 29.3 Å². The first-order valence-corrected chi connectivity index (χ1v) is 11.8. The van der Waals surface area contributed by atoms with Gasteiger partial charge in [-0.05, 0) is 30.0 Å². The summed E-state index contributed by atoms with van der Waals surface area (Å²) < 4.78 is 41.8. The van der Waals surface area contributed by atoms with E-state index >= 15 is 0 Å². The maximum absolute atomic E-state index is 13.7. The van der Waals surface area contributed by atoms with E-state index in [0.29, 0.717) is 42.1 Å². The molecule has 38 heavy (non-hydrogen) atoms. The molecule has 0 saturated carbocycles. The number of halogens is 4. The maximum atomic E-state index is 13.7. The molecular weight excluding hydrogens is 519 g/mol. The largest absolute Gasteiger partial charge is 0.433 e. The lowest BCUT2D eigenvalue weighted by Gasteiger charge is -2.33. The Hall–Kier alpha value is -3.88. The zero-order valence-corrected chi connectivity index (χ0v) is 21.0. The smallest absolute Gasteiger partial charge is 0.355 e. The van der Waals surface area contributed by atoms with Crippen molar-refractivity contribution < 1.29 is 13.2 Å². The second kappa shape index (κ2) is 10.8. The lowest BCUT2D eigenvalue weighted by molar-refractivity contribution is -0.141. The van der Waals surface area contributed by atoms with Gasteiger partial charge in [-0.25, -0.2) is 4.98 Å². The topological polar surface area (TPSA) is 106 Å². The molecule has 1 aliphatic heterocycles. The van der Waals surface area contributed by atoms with Gasteiger partial charge in [-0.2, -0.15) is 18.4 Å². The number of fused-ring (bicyclic) bond motifs is 1. The number of hydrogen-bond donors (Lipinski definition) is 1. The summed E-state index contributed by atoms with van der Waals surface area (Å²) in [6.07, 6.45) is -0.387. The molecule has 12 heteroatoms. The Kier molecular flexibility index (Phi) is 7.76. The molecule has 0 radical (unpaired) electrons. The highest BCUT2D eigenvalue weighted by Gasteiger charge is 2.32. The number of nitriles is 1. The number of alkyl halides is 3. The number of nitrogens with zero attached hydrogens (tertiary/aromatic N) is 6. The highest BCUT2D eigenvalue weighted by molar-refractivity contribution is 5.89. The van der Waals surface area contributed by atoms with Crippen LogP contribution >= 0.6 is 12.4 Å². The molecule has 1 saturated heterocycles. The Balaban J connectivity index is 0.00000336. The first kappa shape index (κ1) is 27.2. The summed E-state index contributed by atoms with van der Waals surface area (Å²) in [5, 5.41) is 10.1. The second-order valence-corrected chi connectivity index (χ2v) is 9.15. The molecule has 1 aromatic carbocycles. The van der Waals surface area contributed by atoms with E-state index in [1.54, 1.807) is 0 Å². The summed E-state index contributed by atoms with van der Waals surface area (Å²) in [6.45, 7) is 1.56. The predicted octanol–water partition coefficient (Wildman–Crippen LogP) is 3.93. The average molecular weight is 544 g/mol. The monoisotopic (exact) mass is 543 g/mol. The number of nitrogens with two attached hydrogens (primary N) is 1. The van der Waals surface area contributed by atoms with Crippen LogP contribution in [0.4, 0.5) is 19.0 Å². The van der Waals surface area contributed by atoms with E-state index in [9.17, 15) is 23.2 Å². The van der Waals surface area contributed by atoms with E-state index in [4.69, 9.17) is 5.73 Å². The standard InChI is InChI=1S/C26H24F3N7O.ClH/c27-26(28,29)21-9-8-18(12-32-21)13-35-16-33-22-20(11-30)24(34-10-4-7-19(31)15-34)36(23(22)25(35)37)14-17-5-2-1-3-6-17;/h1-3,5-6,8-9,12,16,19H,4,7,10,13-15,31H2;1H. The quantitative estimate of drug-likeness (QED) is 0.409. The minimum absolute atomic E-state index is 0. The van der Waals surface area contributed by atoms with Gasteiger partial charge >= 0.3 is 6.18 Å². The zero-order chi connectivity index (χ0) is 26.2. The average Bonchev–Trinajstić information content (AvgIpc) is 3.20. The van der Waals surface area contributed by atoms with Gasteiger partial charge in [0.2, 0.25) is 0 Å². The number of piperidine rings is 1. The van der Waals surface area contributed by atoms with Crippen molar-refractivity contribution in [2.75, 3.05) is 18.0 Å². The Bertz CT molecular complexity index is 1530.